The first-order chi connectivity index (χ1) is 10.7. The molecule has 0 N–H and O–H groups in total. The van der Waals surface area contributed by atoms with Crippen molar-refractivity contribution in [1.29, 1.82) is 0 Å². The van der Waals surface area contributed by atoms with Crippen LogP contribution in [-0.4, -0.2) is 17.8 Å². The fourth-order valence-corrected chi connectivity index (χ4v) is 2.74. The molecule has 0 radical (unpaired) electrons. The van der Waals surface area contributed by atoms with Crippen molar-refractivity contribution in [2.24, 2.45) is 9.98 Å². The average Bonchev–Trinajstić information content (AvgIpc) is 2.51. The fraction of sp³-hybridized carbons (Fsp3) is 0.889. The standard InChI is InChI=1S/C18H32N2O2/c1-3-5-7-8-9-10-11-13-15-18(19-16-21,20-17-22)14-12-6-4-2/h3-15H2,1-2H3. The topological polar surface area (TPSA) is 58.9 Å². The van der Waals surface area contributed by atoms with Crippen molar-refractivity contribution in [3.63, 3.8) is 0 Å². The molecule has 0 bridgehead atoms. The van der Waals surface area contributed by atoms with Crippen molar-refractivity contribution in [2.75, 3.05) is 0 Å². The minimum atomic E-state index is -0.902. The van der Waals surface area contributed by atoms with Crippen LogP contribution in [0, 0.1) is 0 Å². The van der Waals surface area contributed by atoms with Crippen LogP contribution in [0.4, 0.5) is 0 Å². The van der Waals surface area contributed by atoms with Crippen LogP contribution in [0.1, 0.15) is 97.3 Å². The molecule has 4 heteroatoms. The SMILES string of the molecule is CCCCCCCCCCC(CCCCC)(N=C=O)N=C=O. The lowest BCUT2D eigenvalue weighted by Crippen LogP contribution is -2.23. The highest BCUT2D eigenvalue weighted by Gasteiger charge is 2.28. The summed E-state index contributed by atoms with van der Waals surface area (Å²) < 4.78 is 0. The maximum atomic E-state index is 10.7. The summed E-state index contributed by atoms with van der Waals surface area (Å²) >= 11 is 0. The van der Waals surface area contributed by atoms with E-state index in [-0.39, 0.29) is 0 Å². The van der Waals surface area contributed by atoms with Gasteiger partial charge in [0.25, 0.3) is 0 Å². The molecular weight excluding hydrogens is 276 g/mol. The Morgan fingerprint density at radius 2 is 1.00 bits per heavy atom. The quantitative estimate of drug-likeness (QED) is 0.229. The molecular formula is C18H32N2O2. The summed E-state index contributed by atoms with van der Waals surface area (Å²) in [5.41, 5.74) is -0.902. The summed E-state index contributed by atoms with van der Waals surface area (Å²) in [5.74, 6) is 0. The van der Waals surface area contributed by atoms with E-state index in [1.54, 1.807) is 12.2 Å². The summed E-state index contributed by atoms with van der Waals surface area (Å²) in [6.45, 7) is 4.34. The van der Waals surface area contributed by atoms with Gasteiger partial charge in [0.1, 0.15) is 0 Å². The van der Waals surface area contributed by atoms with E-state index < -0.39 is 5.66 Å². The van der Waals surface area contributed by atoms with Crippen LogP contribution < -0.4 is 0 Å². The Hall–Kier alpha value is -1.24. The maximum Gasteiger partial charge on any atom is 0.237 e. The number of nitrogens with zero attached hydrogens (tertiary/aromatic N) is 2. The second-order valence-corrected chi connectivity index (χ2v) is 6.07. The van der Waals surface area contributed by atoms with E-state index in [1.807, 2.05) is 0 Å². The van der Waals surface area contributed by atoms with Gasteiger partial charge in [-0.1, -0.05) is 71.6 Å². The zero-order valence-electron chi connectivity index (χ0n) is 14.4. The Labute approximate surface area is 135 Å². The van der Waals surface area contributed by atoms with Crippen molar-refractivity contribution >= 4 is 12.2 Å². The van der Waals surface area contributed by atoms with Gasteiger partial charge in [0.05, 0.1) is 0 Å². The van der Waals surface area contributed by atoms with Crippen LogP contribution in [-0.2, 0) is 9.59 Å². The van der Waals surface area contributed by atoms with E-state index in [2.05, 4.69) is 23.8 Å². The Balaban J connectivity index is 4.17. The highest BCUT2D eigenvalue weighted by atomic mass is 16.1. The minimum absolute atomic E-state index is 0.641. The van der Waals surface area contributed by atoms with Crippen molar-refractivity contribution in [2.45, 2.75) is 103 Å². The summed E-state index contributed by atoms with van der Waals surface area (Å²) in [7, 11) is 0. The molecule has 0 aliphatic rings. The molecule has 126 valence electrons. The van der Waals surface area contributed by atoms with Crippen LogP contribution in [0.2, 0.25) is 0 Å². The van der Waals surface area contributed by atoms with Gasteiger partial charge in [-0.25, -0.2) is 9.59 Å². The van der Waals surface area contributed by atoms with Gasteiger partial charge in [0.2, 0.25) is 12.2 Å². The van der Waals surface area contributed by atoms with Gasteiger partial charge in [-0.15, -0.1) is 0 Å². The van der Waals surface area contributed by atoms with E-state index in [4.69, 9.17) is 0 Å². The zero-order valence-corrected chi connectivity index (χ0v) is 14.4. The van der Waals surface area contributed by atoms with E-state index in [0.717, 1.165) is 32.1 Å². The molecule has 0 saturated heterocycles. The number of aliphatic imine (C=N–C) groups is 2. The molecule has 0 atom stereocenters. The second-order valence-electron chi connectivity index (χ2n) is 6.07. The number of unbranched alkanes of at least 4 members (excludes halogenated alkanes) is 9. The Bertz CT molecular complexity index is 338. The van der Waals surface area contributed by atoms with E-state index in [0.29, 0.717) is 12.8 Å². The van der Waals surface area contributed by atoms with Crippen LogP contribution in [0.15, 0.2) is 9.98 Å². The van der Waals surface area contributed by atoms with Gasteiger partial charge < -0.3 is 0 Å². The third-order valence-electron chi connectivity index (χ3n) is 4.12. The summed E-state index contributed by atoms with van der Waals surface area (Å²) in [4.78, 5) is 29.0. The summed E-state index contributed by atoms with van der Waals surface area (Å²) in [6, 6.07) is 0. The van der Waals surface area contributed by atoms with Gasteiger partial charge in [0.15, 0.2) is 5.66 Å². The molecule has 0 aliphatic heterocycles. The molecule has 0 amide bonds. The highest BCUT2D eigenvalue weighted by molar-refractivity contribution is 5.39. The van der Waals surface area contributed by atoms with Crippen molar-refractivity contribution < 1.29 is 9.59 Å². The smallest absolute Gasteiger partial charge is 0.211 e. The predicted octanol–water partition coefficient (Wildman–Crippen LogP) is 5.47. The lowest BCUT2D eigenvalue weighted by Gasteiger charge is -2.22. The molecule has 4 nitrogen and oxygen atoms in total. The lowest BCUT2D eigenvalue weighted by molar-refractivity contribution is 0.349. The third-order valence-corrected chi connectivity index (χ3v) is 4.12. The molecule has 0 aromatic rings. The van der Waals surface area contributed by atoms with Crippen LogP contribution in [0.25, 0.3) is 0 Å². The molecule has 0 aliphatic carbocycles. The molecule has 0 aromatic heterocycles. The fourth-order valence-electron chi connectivity index (χ4n) is 2.74. The number of hydrogen-bond donors (Lipinski definition) is 0. The van der Waals surface area contributed by atoms with Crippen LogP contribution >= 0.6 is 0 Å². The Morgan fingerprint density at radius 1 is 0.636 bits per heavy atom. The van der Waals surface area contributed by atoms with Crippen molar-refractivity contribution in [3.8, 4) is 0 Å². The molecule has 0 unspecified atom stereocenters. The number of hydrogen-bond acceptors (Lipinski definition) is 4. The molecule has 0 aromatic carbocycles. The van der Waals surface area contributed by atoms with E-state index in [9.17, 15) is 9.59 Å². The third kappa shape index (κ3) is 10.5. The number of rotatable bonds is 15. The Morgan fingerprint density at radius 3 is 1.45 bits per heavy atom. The zero-order chi connectivity index (χ0) is 16.5. The van der Waals surface area contributed by atoms with E-state index in [1.165, 1.54) is 38.5 Å². The minimum Gasteiger partial charge on any atom is -0.211 e. The highest BCUT2D eigenvalue weighted by Crippen LogP contribution is 2.28. The average molecular weight is 308 g/mol. The first-order valence-electron chi connectivity index (χ1n) is 8.92. The first-order valence-corrected chi connectivity index (χ1v) is 8.92. The maximum absolute atomic E-state index is 10.7. The lowest BCUT2D eigenvalue weighted by atomic mass is 9.95. The normalized spacial score (nSPS) is 13.0. The van der Waals surface area contributed by atoms with E-state index >= 15 is 0 Å². The molecule has 0 spiro atoms. The monoisotopic (exact) mass is 308 g/mol. The molecule has 0 fully saturated rings. The van der Waals surface area contributed by atoms with Gasteiger partial charge in [-0.05, 0) is 25.7 Å². The second kappa shape index (κ2) is 14.7. The molecule has 0 heterocycles. The summed E-state index contributed by atoms with van der Waals surface area (Å²) in [5, 5.41) is 0. The van der Waals surface area contributed by atoms with Crippen molar-refractivity contribution in [1.82, 2.24) is 0 Å². The first kappa shape index (κ1) is 20.8. The van der Waals surface area contributed by atoms with Crippen LogP contribution in [0.5, 0.6) is 0 Å². The Kier molecular flexibility index (Phi) is 13.9. The number of isocyanates is 2. The van der Waals surface area contributed by atoms with Gasteiger partial charge in [0, 0.05) is 0 Å². The largest absolute Gasteiger partial charge is 0.237 e. The van der Waals surface area contributed by atoms with Gasteiger partial charge in [-0.3, -0.25) is 0 Å². The predicted molar refractivity (Wildman–Crippen MR) is 90.3 cm³/mol. The molecule has 22 heavy (non-hydrogen) atoms. The molecule has 0 saturated carbocycles. The van der Waals surface area contributed by atoms with Gasteiger partial charge in [-0.2, -0.15) is 9.98 Å². The summed E-state index contributed by atoms with van der Waals surface area (Å²) in [6.07, 6.45) is 17.3. The van der Waals surface area contributed by atoms with Crippen molar-refractivity contribution in [3.05, 3.63) is 0 Å². The number of carbonyl (C=O) groups excluding carboxylic acids is 2. The molecule has 0 rings (SSSR count). The van der Waals surface area contributed by atoms with Crippen LogP contribution in [0.3, 0.4) is 0 Å². The van der Waals surface area contributed by atoms with Gasteiger partial charge >= 0.3 is 0 Å².